The van der Waals surface area contributed by atoms with E-state index in [1.807, 2.05) is 0 Å². The summed E-state index contributed by atoms with van der Waals surface area (Å²) in [6, 6.07) is 4.16. The van der Waals surface area contributed by atoms with Crippen LogP contribution in [-0.2, 0) is 63.8 Å². The molecule has 26 nitrogen and oxygen atoms in total. The van der Waals surface area contributed by atoms with Crippen molar-refractivity contribution in [3.05, 3.63) is 77.9 Å². The van der Waals surface area contributed by atoms with E-state index in [-0.39, 0.29) is 37.2 Å². The Bertz CT molecular complexity index is 2650. The summed E-state index contributed by atoms with van der Waals surface area (Å²) in [6.45, 7) is 18.0. The predicted octanol–water partition coefficient (Wildman–Crippen LogP) is 0.746. The lowest BCUT2D eigenvalue weighted by Gasteiger charge is -2.34. The second-order valence-electron chi connectivity index (χ2n) is 22.9. The van der Waals surface area contributed by atoms with Gasteiger partial charge in [0.1, 0.15) is 66.0 Å². The van der Waals surface area contributed by atoms with Crippen molar-refractivity contribution in [2.24, 2.45) is 17.8 Å². The van der Waals surface area contributed by atoms with Crippen LogP contribution in [0.25, 0.3) is 0 Å². The number of rotatable bonds is 23. The molecule has 1 aliphatic rings. The van der Waals surface area contributed by atoms with Gasteiger partial charge in [-0.15, -0.1) is 0 Å². The third-order valence-corrected chi connectivity index (χ3v) is 14.4. The molecule has 8 amide bonds. The first-order chi connectivity index (χ1) is 40.2. The van der Waals surface area contributed by atoms with Crippen LogP contribution in [0.4, 0.5) is 4.79 Å². The van der Waals surface area contributed by atoms with Gasteiger partial charge >= 0.3 is 18.0 Å². The lowest BCUT2D eigenvalue weighted by atomic mass is 9.93. The normalized spacial score (nSPS) is 23.0. The maximum atomic E-state index is 15.4. The van der Waals surface area contributed by atoms with Crippen molar-refractivity contribution in [3.8, 4) is 5.75 Å². The van der Waals surface area contributed by atoms with E-state index in [4.69, 9.17) is 18.9 Å². The monoisotopic (exact) mass is 1210 g/mol. The molecular formula is C60H91N9O17. The van der Waals surface area contributed by atoms with E-state index in [0.717, 1.165) is 17.9 Å². The molecule has 3 rings (SSSR count). The van der Waals surface area contributed by atoms with Crippen molar-refractivity contribution >= 4 is 59.4 Å². The lowest BCUT2D eigenvalue weighted by molar-refractivity contribution is -0.160. The van der Waals surface area contributed by atoms with Gasteiger partial charge in [-0.25, -0.2) is 9.59 Å². The minimum atomic E-state index is -1.84. The lowest BCUT2D eigenvalue weighted by Crippen LogP contribution is -2.61. The molecule has 0 aliphatic carbocycles. The second-order valence-corrected chi connectivity index (χ2v) is 22.9. The van der Waals surface area contributed by atoms with Crippen molar-refractivity contribution < 1.29 is 82.2 Å². The van der Waals surface area contributed by atoms with Gasteiger partial charge in [-0.3, -0.25) is 38.4 Å². The number of likely N-dealkylation sites (N-methyl/N-ethyl adjacent to an activating group) is 2. The summed E-state index contributed by atoms with van der Waals surface area (Å²) < 4.78 is 22.3. The van der Waals surface area contributed by atoms with Crippen LogP contribution >= 0.6 is 0 Å². The third-order valence-electron chi connectivity index (χ3n) is 14.4. The summed E-state index contributed by atoms with van der Waals surface area (Å²) in [7, 11) is 2.71. The largest absolute Gasteiger partial charge is 0.487 e. The highest BCUT2D eigenvalue weighted by atomic mass is 16.6. The third kappa shape index (κ3) is 22.6. The quantitative estimate of drug-likeness (QED) is 0.0316. The van der Waals surface area contributed by atoms with Gasteiger partial charge in [-0.2, -0.15) is 0 Å². The highest BCUT2D eigenvalue weighted by Crippen LogP contribution is 2.26. The molecule has 0 saturated carbocycles. The van der Waals surface area contributed by atoms with E-state index >= 15 is 4.79 Å². The average Bonchev–Trinajstić information content (AvgIpc) is 3.65. The highest BCUT2D eigenvalue weighted by Gasteiger charge is 2.42. The van der Waals surface area contributed by atoms with Crippen LogP contribution in [0.5, 0.6) is 5.75 Å². The Morgan fingerprint density at radius 1 is 0.826 bits per heavy atom. The fourth-order valence-corrected chi connectivity index (χ4v) is 8.79. The van der Waals surface area contributed by atoms with Crippen LogP contribution in [0.2, 0.25) is 0 Å². The zero-order chi connectivity index (χ0) is 64.8. The highest BCUT2D eigenvalue weighted by molar-refractivity contribution is 5.98. The zero-order valence-electron chi connectivity index (χ0n) is 51.8. The number of amides is 8. The predicted molar refractivity (Wildman–Crippen MR) is 315 cm³/mol. The maximum Gasteiger partial charge on any atom is 0.407 e. The van der Waals surface area contributed by atoms with Crippen molar-refractivity contribution in [3.63, 3.8) is 0 Å². The average molecular weight is 1210 g/mol. The van der Waals surface area contributed by atoms with E-state index in [0.29, 0.717) is 18.5 Å². The molecule has 0 radical (unpaired) electrons. The molecule has 0 bridgehead atoms. The van der Waals surface area contributed by atoms with E-state index in [1.165, 1.54) is 65.2 Å². The minimum Gasteiger partial charge on any atom is -0.487 e. The fourth-order valence-electron chi connectivity index (χ4n) is 8.79. The Balaban J connectivity index is 2.24. The van der Waals surface area contributed by atoms with Crippen molar-refractivity contribution in [2.75, 3.05) is 40.3 Å². The van der Waals surface area contributed by atoms with Gasteiger partial charge in [0.05, 0.1) is 18.1 Å². The Kier molecular flexibility index (Phi) is 28.6. The molecule has 86 heavy (non-hydrogen) atoms. The molecule has 1 heterocycles. The van der Waals surface area contributed by atoms with Gasteiger partial charge in [0.25, 0.3) is 0 Å². The summed E-state index contributed by atoms with van der Waals surface area (Å²) in [4.78, 5) is 139. The van der Waals surface area contributed by atoms with Gasteiger partial charge in [-0.05, 0) is 95.7 Å². The summed E-state index contributed by atoms with van der Waals surface area (Å²) in [5.41, 5.74) is -1.85. The number of alkyl carbamates (subject to hydrolysis) is 1. The van der Waals surface area contributed by atoms with Crippen LogP contribution in [0.15, 0.2) is 66.7 Å². The minimum absolute atomic E-state index is 0.119. The number of aliphatic hydroxyl groups excluding tert-OH is 2. The van der Waals surface area contributed by atoms with Crippen LogP contribution in [0, 0.1) is 17.8 Å². The molecule has 0 aromatic heterocycles. The molecule has 13 atom stereocenters. The molecule has 26 heteroatoms. The number of cyclic esters (lactones) is 1. The first-order valence-corrected chi connectivity index (χ1v) is 28.8. The van der Waals surface area contributed by atoms with Crippen molar-refractivity contribution in [1.82, 2.24) is 47.4 Å². The molecule has 0 unspecified atom stereocenters. The van der Waals surface area contributed by atoms with E-state index in [1.54, 1.807) is 85.7 Å². The Hall–Kier alpha value is -7.68. The topological polar surface area (TPSA) is 368 Å². The zero-order valence-corrected chi connectivity index (χ0v) is 51.8. The first kappa shape index (κ1) is 72.6. The molecule has 478 valence electrons. The Labute approximate surface area is 503 Å². The van der Waals surface area contributed by atoms with E-state index in [2.05, 4.69) is 42.5 Å². The van der Waals surface area contributed by atoms with Crippen molar-refractivity contribution in [1.29, 1.82) is 0 Å². The summed E-state index contributed by atoms with van der Waals surface area (Å²) in [5.74, 6) is -10.6. The smallest absolute Gasteiger partial charge is 0.407 e. The molecule has 2 aromatic rings. The molecule has 1 fully saturated rings. The Morgan fingerprint density at radius 2 is 1.44 bits per heavy atom. The van der Waals surface area contributed by atoms with Crippen LogP contribution in [0.3, 0.4) is 0 Å². The number of nitrogens with zero attached hydrogens (tertiary/aromatic N) is 1. The fraction of sp³-hybridized carbons (Fsp3) is 0.600. The van der Waals surface area contributed by atoms with Gasteiger partial charge < -0.3 is 81.7 Å². The molecular weight excluding hydrogens is 1120 g/mol. The molecule has 1 saturated heterocycles. The molecule has 2 aromatic carbocycles. The van der Waals surface area contributed by atoms with Crippen LogP contribution < -0.4 is 47.3 Å². The number of esters is 2. The molecule has 0 spiro atoms. The SMILES string of the molecule is CC[C@H](C)[C@H]1NC(=O)[C@@H](NC(=O)[C@H](C)[C@H](O)C(C)C)[C@@H](C)OC(=O)[C@H](COC(C)=O)NC(=O)[C@@H]([C@@H](C)O)NC(=O)[C@H](Cc2ccccc2)N(C)C(=O)[C@H](c2ccc(O[C@H](C)[C@](O)(/C=C/C(=O)NC)CNCCCNC(=O)OC(C)(C)C)cc2)NC1=O. The van der Waals surface area contributed by atoms with Gasteiger partial charge in [0.15, 0.2) is 6.04 Å². The van der Waals surface area contributed by atoms with Crippen LogP contribution in [0.1, 0.15) is 113 Å². The number of benzene rings is 2. The van der Waals surface area contributed by atoms with Gasteiger partial charge in [-0.1, -0.05) is 83.5 Å². The number of carbonyl (C=O) groups is 10. The number of hydrogen-bond acceptors (Lipinski definition) is 18. The van der Waals surface area contributed by atoms with Crippen LogP contribution in [-0.4, -0.2) is 186 Å². The summed E-state index contributed by atoms with van der Waals surface area (Å²) >= 11 is 0. The number of hydrogen-bond donors (Lipinski definition) is 11. The summed E-state index contributed by atoms with van der Waals surface area (Å²) in [5, 5.41) is 55.0. The number of nitrogens with one attached hydrogen (secondary N) is 8. The standard InChI is InChI=1S/C60H91N9O17/c1-15-34(4)46-53(76)68-49(41-22-24-42(25-23-41)85-38(8)60(82,27-26-45(72)61-13)32-62-28-19-29-63-58(81)86-59(10,11)12)56(79)69(14)44(30-40-20-17-16-18-21-40)52(75)66-47(36(6)70)54(77)64-43(31-83-39(9)71)57(80)84-37(7)48(55(78)65-46)67-51(74)35(5)50(73)33(2)3/h16-18,20-27,33-38,43-44,46-50,62,70,73,82H,15,19,28-32H2,1-14H3,(H,61,72)(H,63,81)(H,64,77)(H,65,78)(H,66,75)(H,67,74)(H,68,76)/b27-26+/t34-,35+,36+,37+,38+,43-,44-,46+,47+,48-,49-,50+,60-/m0/s1. The molecule has 11 N–H and O–H groups in total. The molecule has 1 aliphatic heterocycles. The maximum absolute atomic E-state index is 15.4. The number of carbonyl (C=O) groups excluding carboxylic acids is 10. The number of aliphatic hydroxyl groups is 3. The Morgan fingerprint density at radius 3 is 2.01 bits per heavy atom. The van der Waals surface area contributed by atoms with E-state index < -0.39 is 156 Å². The van der Waals surface area contributed by atoms with Gasteiger partial charge in [0, 0.05) is 46.6 Å². The van der Waals surface area contributed by atoms with Crippen molar-refractivity contribution in [2.45, 2.75) is 174 Å². The van der Waals surface area contributed by atoms with Gasteiger partial charge in [0.2, 0.25) is 41.4 Å². The first-order valence-electron chi connectivity index (χ1n) is 28.8. The second kappa shape index (κ2) is 33.9. The van der Waals surface area contributed by atoms with E-state index in [9.17, 15) is 58.5 Å². The summed E-state index contributed by atoms with van der Waals surface area (Å²) in [6.07, 6.45) is -3.21. The number of ether oxygens (including phenoxy) is 4.